The molecule has 1 amide bonds. The van der Waals surface area contributed by atoms with Crippen molar-refractivity contribution in [2.75, 3.05) is 13.6 Å². The van der Waals surface area contributed by atoms with Crippen LogP contribution in [0.1, 0.15) is 43.7 Å². The molecule has 0 bridgehead atoms. The number of amides is 1. The number of allylic oxidation sites excluding steroid dienone is 6. The van der Waals surface area contributed by atoms with Gasteiger partial charge in [0.15, 0.2) is 0 Å². The van der Waals surface area contributed by atoms with Crippen molar-refractivity contribution in [3.63, 3.8) is 0 Å². The third-order valence-electron chi connectivity index (χ3n) is 5.15. The van der Waals surface area contributed by atoms with Gasteiger partial charge in [-0.15, -0.1) is 0 Å². The summed E-state index contributed by atoms with van der Waals surface area (Å²) < 4.78 is 29.3. The molecule has 0 spiro atoms. The number of halogens is 2. The highest BCUT2D eigenvalue weighted by atomic mass is 19.1. The van der Waals surface area contributed by atoms with Gasteiger partial charge in [-0.05, 0) is 50.5 Å². The Morgan fingerprint density at radius 3 is 2.65 bits per heavy atom. The number of hydrogen-bond acceptors (Lipinski definition) is 5. The van der Waals surface area contributed by atoms with Gasteiger partial charge in [-0.25, -0.2) is 8.78 Å². The monoisotopic (exact) mass is 466 g/mol. The Bertz CT molecular complexity index is 1110. The molecule has 0 atom stereocenters. The molecular formula is C25H28F2N6O. The zero-order valence-electron chi connectivity index (χ0n) is 19.2. The van der Waals surface area contributed by atoms with Crippen LogP contribution in [-0.4, -0.2) is 36.4 Å². The first-order valence-electron chi connectivity index (χ1n) is 10.8. The Hall–Kier alpha value is -4.06. The van der Waals surface area contributed by atoms with Crippen LogP contribution in [0.15, 0.2) is 65.4 Å². The second-order valence-electron chi connectivity index (χ2n) is 7.58. The highest BCUT2D eigenvalue weighted by molar-refractivity contribution is 6.10. The van der Waals surface area contributed by atoms with Crippen molar-refractivity contribution in [1.82, 2.24) is 15.5 Å². The minimum absolute atomic E-state index is 0.0166. The third-order valence-corrected chi connectivity index (χ3v) is 5.15. The maximum atomic E-state index is 15.0. The van der Waals surface area contributed by atoms with E-state index < -0.39 is 11.6 Å². The predicted octanol–water partition coefficient (Wildman–Crippen LogP) is 4.41. The standard InChI is InChI=1S/C25H28F2N6O/c1-17(7-5-3-4-6-10-32-16-34)33(24-12-20(15-31-2)23(29)13-22(24)27)25(30)18-8-9-19(14-28)21(26)11-18/h7-9,11-13,15-16,29-31H,3-6,10H2,1-2H3,(H,32,34)/b17-7+,20-15-,29-23?,30-25?. The number of nitrogens with one attached hydrogen (secondary N) is 4. The van der Waals surface area contributed by atoms with E-state index in [1.807, 2.05) is 6.08 Å². The number of nitrogens with zero attached hydrogens (tertiary/aromatic N) is 2. The summed E-state index contributed by atoms with van der Waals surface area (Å²) in [4.78, 5) is 11.7. The summed E-state index contributed by atoms with van der Waals surface area (Å²) in [6.07, 6.45) is 9.83. The van der Waals surface area contributed by atoms with Gasteiger partial charge in [0.05, 0.1) is 17.0 Å². The van der Waals surface area contributed by atoms with Gasteiger partial charge in [-0.1, -0.05) is 12.5 Å². The van der Waals surface area contributed by atoms with E-state index in [9.17, 15) is 9.18 Å². The van der Waals surface area contributed by atoms with Crippen molar-refractivity contribution >= 4 is 18.0 Å². The third kappa shape index (κ3) is 6.72. The average Bonchev–Trinajstić information content (AvgIpc) is 2.81. The van der Waals surface area contributed by atoms with Crippen molar-refractivity contribution in [2.24, 2.45) is 0 Å². The maximum absolute atomic E-state index is 15.0. The van der Waals surface area contributed by atoms with E-state index in [1.165, 1.54) is 23.1 Å². The lowest BCUT2D eigenvalue weighted by Gasteiger charge is -2.30. The zero-order valence-corrected chi connectivity index (χ0v) is 19.2. The fourth-order valence-corrected chi connectivity index (χ4v) is 3.40. The van der Waals surface area contributed by atoms with Crippen LogP contribution in [0.3, 0.4) is 0 Å². The van der Waals surface area contributed by atoms with Crippen LogP contribution >= 0.6 is 0 Å². The first-order valence-corrected chi connectivity index (χ1v) is 10.8. The van der Waals surface area contributed by atoms with E-state index >= 15 is 4.39 Å². The average molecular weight is 467 g/mol. The van der Waals surface area contributed by atoms with Gasteiger partial charge in [-0.2, -0.15) is 5.26 Å². The molecule has 2 rings (SSSR count). The van der Waals surface area contributed by atoms with Crippen LogP contribution in [0.25, 0.3) is 0 Å². The van der Waals surface area contributed by atoms with Crippen molar-refractivity contribution < 1.29 is 13.6 Å². The number of amidine groups is 1. The zero-order chi connectivity index (χ0) is 25.1. The molecule has 0 heterocycles. The van der Waals surface area contributed by atoms with Crippen molar-refractivity contribution in [1.29, 1.82) is 16.1 Å². The molecule has 178 valence electrons. The van der Waals surface area contributed by atoms with Gasteiger partial charge >= 0.3 is 0 Å². The molecule has 9 heteroatoms. The molecule has 34 heavy (non-hydrogen) atoms. The molecule has 1 aliphatic carbocycles. The molecule has 0 saturated heterocycles. The molecular weight excluding hydrogens is 438 g/mol. The van der Waals surface area contributed by atoms with E-state index in [-0.39, 0.29) is 28.4 Å². The number of benzene rings is 1. The Morgan fingerprint density at radius 2 is 2.00 bits per heavy atom. The summed E-state index contributed by atoms with van der Waals surface area (Å²) in [5.41, 5.74) is 1.06. The minimum atomic E-state index is -0.763. The van der Waals surface area contributed by atoms with E-state index in [0.717, 1.165) is 31.4 Å². The lowest BCUT2D eigenvalue weighted by molar-refractivity contribution is -0.109. The van der Waals surface area contributed by atoms with Crippen LogP contribution in [0, 0.1) is 28.0 Å². The summed E-state index contributed by atoms with van der Waals surface area (Å²) in [6.45, 7) is 2.33. The Kier molecular flexibility index (Phi) is 9.90. The Morgan fingerprint density at radius 1 is 1.24 bits per heavy atom. The molecule has 0 aliphatic heterocycles. The molecule has 1 aromatic rings. The molecule has 1 aliphatic rings. The molecule has 0 radical (unpaired) electrons. The SMILES string of the molecule is CN/C=C1/C=C(N(C(=N)c2ccc(C#N)c(F)c2)/C(C)=C/CCCCCNC=O)C(F)=CC1=N. The van der Waals surface area contributed by atoms with Crippen LogP contribution in [0.5, 0.6) is 0 Å². The summed E-state index contributed by atoms with van der Waals surface area (Å²) >= 11 is 0. The molecule has 1 aromatic carbocycles. The quantitative estimate of drug-likeness (QED) is 0.167. The largest absolute Gasteiger partial charge is 0.393 e. The van der Waals surface area contributed by atoms with Gasteiger partial charge < -0.3 is 16.0 Å². The summed E-state index contributed by atoms with van der Waals surface area (Å²) in [5.74, 6) is -1.62. The molecule has 0 aromatic heterocycles. The number of nitriles is 1. The Labute approximate surface area is 198 Å². The van der Waals surface area contributed by atoms with E-state index in [2.05, 4.69) is 10.6 Å². The maximum Gasteiger partial charge on any atom is 0.207 e. The minimum Gasteiger partial charge on any atom is -0.393 e. The predicted molar refractivity (Wildman–Crippen MR) is 128 cm³/mol. The van der Waals surface area contributed by atoms with Gasteiger partial charge in [0, 0.05) is 42.7 Å². The van der Waals surface area contributed by atoms with Gasteiger partial charge in [0.1, 0.15) is 23.5 Å². The summed E-state index contributed by atoms with van der Waals surface area (Å²) in [6, 6.07) is 5.56. The first-order chi connectivity index (χ1) is 16.3. The summed E-state index contributed by atoms with van der Waals surface area (Å²) in [5, 5.41) is 31.2. The van der Waals surface area contributed by atoms with Crippen LogP contribution < -0.4 is 10.6 Å². The normalized spacial score (nSPS) is 14.7. The summed E-state index contributed by atoms with van der Waals surface area (Å²) in [7, 11) is 1.66. The lowest BCUT2D eigenvalue weighted by Crippen LogP contribution is -2.31. The lowest BCUT2D eigenvalue weighted by atomic mass is 10.0. The second kappa shape index (κ2) is 12.8. The van der Waals surface area contributed by atoms with Crippen molar-refractivity contribution in [2.45, 2.75) is 32.6 Å². The smallest absolute Gasteiger partial charge is 0.207 e. The highest BCUT2D eigenvalue weighted by Gasteiger charge is 2.26. The molecule has 0 saturated carbocycles. The fourth-order valence-electron chi connectivity index (χ4n) is 3.40. The van der Waals surface area contributed by atoms with Crippen molar-refractivity contribution in [3.8, 4) is 6.07 Å². The van der Waals surface area contributed by atoms with Gasteiger partial charge in [-0.3, -0.25) is 15.1 Å². The number of rotatable bonds is 11. The molecule has 0 unspecified atom stereocenters. The fraction of sp³-hybridized carbons (Fsp3) is 0.280. The topological polar surface area (TPSA) is 116 Å². The van der Waals surface area contributed by atoms with E-state index in [1.54, 1.807) is 26.2 Å². The second-order valence-corrected chi connectivity index (χ2v) is 7.58. The number of carbonyl (C=O) groups is 1. The van der Waals surface area contributed by atoms with Crippen LogP contribution in [0.2, 0.25) is 0 Å². The molecule has 4 N–H and O–H groups in total. The number of unbranched alkanes of at least 4 members (excludes halogenated alkanes) is 3. The molecule has 7 nitrogen and oxygen atoms in total. The van der Waals surface area contributed by atoms with Gasteiger partial charge in [0.2, 0.25) is 6.41 Å². The van der Waals surface area contributed by atoms with Crippen LogP contribution in [-0.2, 0) is 4.79 Å². The highest BCUT2D eigenvalue weighted by Crippen LogP contribution is 2.30. The first kappa shape index (κ1) is 26.2. The van der Waals surface area contributed by atoms with E-state index in [4.69, 9.17) is 16.1 Å². The van der Waals surface area contributed by atoms with Crippen LogP contribution in [0.4, 0.5) is 8.78 Å². The van der Waals surface area contributed by atoms with Crippen molar-refractivity contribution in [3.05, 3.63) is 82.4 Å². The van der Waals surface area contributed by atoms with Gasteiger partial charge in [0.25, 0.3) is 0 Å². The number of hydrogen-bond donors (Lipinski definition) is 4. The Balaban J connectivity index is 2.40. The van der Waals surface area contributed by atoms with E-state index in [0.29, 0.717) is 30.6 Å². The molecule has 0 fully saturated rings. The number of carbonyl (C=O) groups excluding carboxylic acids is 1.